The van der Waals surface area contributed by atoms with E-state index >= 15 is 0 Å². The molecule has 6 heteroatoms. The van der Waals surface area contributed by atoms with Gasteiger partial charge in [0.1, 0.15) is 5.82 Å². The van der Waals surface area contributed by atoms with Crippen LogP contribution in [0.15, 0.2) is 78.9 Å². The van der Waals surface area contributed by atoms with Crippen LogP contribution >= 0.6 is 11.6 Å². The summed E-state index contributed by atoms with van der Waals surface area (Å²) < 4.78 is 13.8. The monoisotopic (exact) mass is 457 g/mol. The van der Waals surface area contributed by atoms with Gasteiger partial charge in [-0.15, -0.1) is 0 Å². The molecule has 33 heavy (non-hydrogen) atoms. The number of pyridine rings is 1. The molecule has 3 aromatic carbocycles. The third kappa shape index (κ3) is 4.45. The summed E-state index contributed by atoms with van der Waals surface area (Å²) in [5, 5.41) is 5.39. The summed E-state index contributed by atoms with van der Waals surface area (Å²) in [7, 11) is 0. The van der Waals surface area contributed by atoms with Crippen LogP contribution in [0.25, 0.3) is 33.2 Å². The number of hydrogen-bond acceptors (Lipinski definition) is 2. The number of benzene rings is 3. The van der Waals surface area contributed by atoms with Gasteiger partial charge in [-0.2, -0.15) is 0 Å². The minimum atomic E-state index is -0.443. The van der Waals surface area contributed by atoms with E-state index in [1.165, 1.54) is 6.07 Å². The SMILES string of the molecule is O=C(CCCc1c(-c2ccc3ccccc3n2)[nH]c2ccc(Cl)cc12)Nc1ccccc1F. The number of amides is 1. The number of halogens is 2. The first-order valence-electron chi connectivity index (χ1n) is 10.8. The van der Waals surface area contributed by atoms with Gasteiger partial charge in [0.05, 0.1) is 22.6 Å². The van der Waals surface area contributed by atoms with Gasteiger partial charge in [-0.3, -0.25) is 4.79 Å². The molecule has 2 N–H and O–H groups in total. The third-order valence-electron chi connectivity index (χ3n) is 5.70. The van der Waals surface area contributed by atoms with Crippen molar-refractivity contribution in [2.75, 3.05) is 5.32 Å². The number of para-hydroxylation sites is 2. The standard InChI is InChI=1S/C27H21ClFN3O/c28-18-13-15-23-20(16-18)19(7-5-11-26(33)31-24-10-4-2-8-21(24)29)27(32-23)25-14-12-17-6-1-3-9-22(17)30-25/h1-4,6,8-10,12-16,32H,5,7,11H2,(H,31,33). The van der Waals surface area contributed by atoms with Crippen LogP contribution < -0.4 is 5.32 Å². The van der Waals surface area contributed by atoms with Crippen molar-refractivity contribution >= 4 is 45.0 Å². The molecule has 2 aromatic heterocycles. The van der Waals surface area contributed by atoms with Gasteiger partial charge in [0.2, 0.25) is 5.91 Å². The largest absolute Gasteiger partial charge is 0.353 e. The molecule has 0 fully saturated rings. The Morgan fingerprint density at radius 3 is 2.70 bits per heavy atom. The van der Waals surface area contributed by atoms with Crippen molar-refractivity contribution in [2.45, 2.75) is 19.3 Å². The molecule has 0 saturated carbocycles. The predicted octanol–water partition coefficient (Wildman–Crippen LogP) is 7.14. The Kier molecular flexibility index (Phi) is 5.80. The van der Waals surface area contributed by atoms with Crippen molar-refractivity contribution in [3.8, 4) is 11.4 Å². The second kappa shape index (κ2) is 9.04. The number of rotatable bonds is 6. The number of nitrogens with zero attached hydrogens (tertiary/aromatic N) is 1. The number of anilines is 1. The zero-order valence-electron chi connectivity index (χ0n) is 17.7. The lowest BCUT2D eigenvalue weighted by Crippen LogP contribution is -2.12. The van der Waals surface area contributed by atoms with Crippen molar-refractivity contribution in [1.82, 2.24) is 9.97 Å². The number of aromatic nitrogens is 2. The number of carbonyl (C=O) groups excluding carboxylic acids is 1. The lowest BCUT2D eigenvalue weighted by molar-refractivity contribution is -0.116. The topological polar surface area (TPSA) is 57.8 Å². The third-order valence-corrected chi connectivity index (χ3v) is 5.94. The number of nitrogens with one attached hydrogen (secondary N) is 2. The summed E-state index contributed by atoms with van der Waals surface area (Å²) in [6, 6.07) is 24.0. The van der Waals surface area contributed by atoms with Gasteiger partial charge >= 0.3 is 0 Å². The van der Waals surface area contributed by atoms with Crippen molar-refractivity contribution in [1.29, 1.82) is 0 Å². The zero-order chi connectivity index (χ0) is 22.8. The van der Waals surface area contributed by atoms with E-state index in [2.05, 4.69) is 16.4 Å². The molecule has 0 aliphatic carbocycles. The Hall–Kier alpha value is -3.70. The van der Waals surface area contributed by atoms with E-state index in [9.17, 15) is 9.18 Å². The Morgan fingerprint density at radius 2 is 1.82 bits per heavy atom. The highest BCUT2D eigenvalue weighted by Crippen LogP contribution is 2.33. The number of H-pyrrole nitrogens is 1. The van der Waals surface area contributed by atoms with E-state index in [0.717, 1.165) is 38.8 Å². The maximum Gasteiger partial charge on any atom is 0.224 e. The number of hydrogen-bond donors (Lipinski definition) is 2. The van der Waals surface area contributed by atoms with Gasteiger partial charge in [0, 0.05) is 27.7 Å². The van der Waals surface area contributed by atoms with E-state index in [-0.39, 0.29) is 18.0 Å². The van der Waals surface area contributed by atoms with Crippen LogP contribution in [0.4, 0.5) is 10.1 Å². The molecule has 0 aliphatic rings. The Balaban J connectivity index is 1.42. The van der Waals surface area contributed by atoms with Crippen LogP contribution in [0.2, 0.25) is 5.02 Å². The lowest BCUT2D eigenvalue weighted by atomic mass is 10.0. The molecule has 4 nitrogen and oxygen atoms in total. The first-order valence-corrected chi connectivity index (χ1v) is 11.2. The molecule has 0 bridgehead atoms. The van der Waals surface area contributed by atoms with E-state index < -0.39 is 5.82 Å². The molecule has 5 aromatic rings. The number of fused-ring (bicyclic) bond motifs is 2. The Bertz CT molecular complexity index is 1480. The van der Waals surface area contributed by atoms with E-state index in [1.54, 1.807) is 18.2 Å². The zero-order valence-corrected chi connectivity index (χ0v) is 18.5. The average molecular weight is 458 g/mol. The summed E-state index contributed by atoms with van der Waals surface area (Å²) >= 11 is 6.28. The highest BCUT2D eigenvalue weighted by Gasteiger charge is 2.16. The first-order chi connectivity index (χ1) is 16.1. The molecule has 0 unspecified atom stereocenters. The second-order valence-corrected chi connectivity index (χ2v) is 8.38. The second-order valence-electron chi connectivity index (χ2n) is 7.94. The molecule has 0 atom stereocenters. The Morgan fingerprint density at radius 1 is 1.00 bits per heavy atom. The summed E-state index contributed by atoms with van der Waals surface area (Å²) in [6.45, 7) is 0. The van der Waals surface area contributed by atoms with Gasteiger partial charge in [-0.05, 0) is 60.9 Å². The normalized spacial score (nSPS) is 11.2. The predicted molar refractivity (Wildman–Crippen MR) is 132 cm³/mol. The highest BCUT2D eigenvalue weighted by molar-refractivity contribution is 6.31. The molecule has 5 rings (SSSR count). The van der Waals surface area contributed by atoms with Gasteiger partial charge < -0.3 is 10.3 Å². The van der Waals surface area contributed by atoms with Crippen molar-refractivity contribution in [2.24, 2.45) is 0 Å². The summed E-state index contributed by atoms with van der Waals surface area (Å²) in [5.41, 5.74) is 4.91. The minimum absolute atomic E-state index is 0.197. The van der Waals surface area contributed by atoms with Crippen molar-refractivity contribution in [3.63, 3.8) is 0 Å². The number of aryl methyl sites for hydroxylation is 1. The minimum Gasteiger partial charge on any atom is -0.353 e. The first kappa shape index (κ1) is 21.2. The number of carbonyl (C=O) groups is 1. The maximum atomic E-state index is 13.8. The summed E-state index contributed by atoms with van der Waals surface area (Å²) in [4.78, 5) is 20.7. The van der Waals surface area contributed by atoms with E-state index in [0.29, 0.717) is 17.9 Å². The maximum absolute atomic E-state index is 13.8. The lowest BCUT2D eigenvalue weighted by Gasteiger charge is -2.08. The smallest absolute Gasteiger partial charge is 0.224 e. The molecular formula is C27H21ClFN3O. The fourth-order valence-electron chi connectivity index (χ4n) is 4.10. The van der Waals surface area contributed by atoms with Crippen LogP contribution in [0.3, 0.4) is 0 Å². The van der Waals surface area contributed by atoms with Crippen LogP contribution in [0, 0.1) is 5.82 Å². The molecular weight excluding hydrogens is 437 g/mol. The summed E-state index contributed by atoms with van der Waals surface area (Å²) in [6.07, 6.45) is 1.52. The van der Waals surface area contributed by atoms with Gasteiger partial charge in [0.15, 0.2) is 0 Å². The van der Waals surface area contributed by atoms with Crippen LogP contribution in [0.1, 0.15) is 18.4 Å². The average Bonchev–Trinajstić information content (AvgIpc) is 3.18. The van der Waals surface area contributed by atoms with Crippen LogP contribution in [0.5, 0.6) is 0 Å². The van der Waals surface area contributed by atoms with E-state index in [4.69, 9.17) is 16.6 Å². The molecule has 0 aliphatic heterocycles. The van der Waals surface area contributed by atoms with Crippen molar-refractivity contribution in [3.05, 3.63) is 95.3 Å². The fourth-order valence-corrected chi connectivity index (χ4v) is 4.28. The van der Waals surface area contributed by atoms with Crippen molar-refractivity contribution < 1.29 is 9.18 Å². The van der Waals surface area contributed by atoms with E-state index in [1.807, 2.05) is 48.5 Å². The molecule has 0 saturated heterocycles. The molecule has 0 radical (unpaired) electrons. The van der Waals surface area contributed by atoms with Gasteiger partial charge in [0.25, 0.3) is 0 Å². The number of aromatic amines is 1. The summed E-state index contributed by atoms with van der Waals surface area (Å²) in [5.74, 6) is -0.662. The van der Waals surface area contributed by atoms with Crippen LogP contribution in [-0.2, 0) is 11.2 Å². The quantitative estimate of drug-likeness (QED) is 0.285. The highest BCUT2D eigenvalue weighted by atomic mass is 35.5. The molecule has 1 amide bonds. The van der Waals surface area contributed by atoms with Crippen LogP contribution in [-0.4, -0.2) is 15.9 Å². The fraction of sp³-hybridized carbons (Fsp3) is 0.111. The molecule has 0 spiro atoms. The van der Waals surface area contributed by atoms with Gasteiger partial charge in [-0.25, -0.2) is 9.37 Å². The Labute approximate surface area is 195 Å². The van der Waals surface area contributed by atoms with Gasteiger partial charge in [-0.1, -0.05) is 48.0 Å². The molecule has 2 heterocycles. The molecule has 164 valence electrons.